The van der Waals surface area contributed by atoms with E-state index in [1.54, 1.807) is 97.1 Å². The number of phenols is 1. The number of ether oxygens (including phenoxy) is 2. The second kappa shape index (κ2) is 15.4. The van der Waals surface area contributed by atoms with Crippen LogP contribution in [0.2, 0.25) is 0 Å². The minimum atomic E-state index is -1.12. The third kappa shape index (κ3) is 9.33. The molecule has 0 spiro atoms. The third-order valence-electron chi connectivity index (χ3n) is 6.26. The highest BCUT2D eigenvalue weighted by atomic mass is 127. The SMILES string of the molecule is Nc1ccccc1NC(=O)/C=C/CC[C@@H](Oc1ccccc1)[C@H](OC(=O)NC(=O)c1ccccc1)c1cc(I)ccc1O. The summed E-state index contributed by atoms with van der Waals surface area (Å²) in [5.41, 5.74) is 7.44. The zero-order chi connectivity index (χ0) is 30.6. The standard InChI is InChI=1S/C33H30IN3O6/c34-23-19-20-28(38)25(21-23)31(43-33(41)37-32(40)22-11-3-1-4-12-22)29(42-24-13-5-2-6-14-24)17-9-10-18-30(39)36-27-16-8-7-15-26(27)35/h1-8,10-16,18-21,29,31,38H,9,17,35H2,(H,36,39)(H,37,40,41)/b18-10+/t29-,31-/m1/s1. The van der Waals surface area contributed by atoms with Gasteiger partial charge >= 0.3 is 6.09 Å². The van der Waals surface area contributed by atoms with Crippen LogP contribution in [0.5, 0.6) is 11.5 Å². The number of alkyl carbamates (subject to hydrolysis) is 1. The number of carbonyl (C=O) groups excluding carboxylic acids is 3. The van der Waals surface area contributed by atoms with Gasteiger partial charge in [-0.2, -0.15) is 0 Å². The highest BCUT2D eigenvalue weighted by Gasteiger charge is 2.32. The van der Waals surface area contributed by atoms with E-state index in [-0.39, 0.29) is 23.6 Å². The lowest BCUT2D eigenvalue weighted by molar-refractivity contribution is -0.111. The fraction of sp³-hybridized carbons (Fsp3) is 0.121. The molecule has 4 rings (SSSR count). The molecule has 220 valence electrons. The first-order valence-electron chi connectivity index (χ1n) is 13.4. The molecular formula is C33H30IN3O6. The number of aromatic hydroxyl groups is 1. The molecule has 3 amide bonds. The Labute approximate surface area is 262 Å². The van der Waals surface area contributed by atoms with Crippen molar-refractivity contribution < 1.29 is 29.0 Å². The Morgan fingerprint density at radius 3 is 2.30 bits per heavy atom. The highest BCUT2D eigenvalue weighted by Crippen LogP contribution is 2.35. The number of para-hydroxylation sites is 3. The van der Waals surface area contributed by atoms with Crippen molar-refractivity contribution in [1.29, 1.82) is 0 Å². The van der Waals surface area contributed by atoms with Crippen molar-refractivity contribution in [1.82, 2.24) is 5.32 Å². The van der Waals surface area contributed by atoms with E-state index >= 15 is 0 Å². The zero-order valence-corrected chi connectivity index (χ0v) is 25.1. The van der Waals surface area contributed by atoms with Crippen LogP contribution in [-0.2, 0) is 9.53 Å². The van der Waals surface area contributed by atoms with Gasteiger partial charge in [0.2, 0.25) is 5.91 Å². The van der Waals surface area contributed by atoms with Gasteiger partial charge in [-0.15, -0.1) is 0 Å². The lowest BCUT2D eigenvalue weighted by Crippen LogP contribution is -2.36. The van der Waals surface area contributed by atoms with Crippen LogP contribution in [-0.4, -0.2) is 29.1 Å². The normalized spacial score (nSPS) is 12.2. The molecule has 4 aromatic carbocycles. The quantitative estimate of drug-likeness (QED) is 0.0789. The van der Waals surface area contributed by atoms with Gasteiger partial charge < -0.3 is 25.6 Å². The molecule has 43 heavy (non-hydrogen) atoms. The van der Waals surface area contributed by atoms with Gasteiger partial charge in [0, 0.05) is 14.7 Å². The van der Waals surface area contributed by atoms with Crippen molar-refractivity contribution in [2.45, 2.75) is 25.0 Å². The minimum absolute atomic E-state index is 0.107. The molecule has 0 heterocycles. The number of amides is 3. The summed E-state index contributed by atoms with van der Waals surface area (Å²) in [6.07, 6.45) is 0.739. The third-order valence-corrected chi connectivity index (χ3v) is 6.93. The van der Waals surface area contributed by atoms with Gasteiger partial charge in [0.1, 0.15) is 17.6 Å². The van der Waals surface area contributed by atoms with Crippen molar-refractivity contribution in [2.75, 3.05) is 11.1 Å². The number of carbonyl (C=O) groups is 3. The number of nitrogen functional groups attached to an aromatic ring is 1. The molecule has 0 saturated carbocycles. The second-order valence-corrected chi connectivity index (χ2v) is 10.6. The molecule has 0 bridgehead atoms. The summed E-state index contributed by atoms with van der Waals surface area (Å²) in [4.78, 5) is 38.1. The van der Waals surface area contributed by atoms with Gasteiger partial charge in [0.25, 0.3) is 5.91 Å². The van der Waals surface area contributed by atoms with E-state index < -0.39 is 24.2 Å². The number of hydrogen-bond acceptors (Lipinski definition) is 7. The van der Waals surface area contributed by atoms with Gasteiger partial charge in [0.15, 0.2) is 6.10 Å². The second-order valence-electron chi connectivity index (χ2n) is 9.37. The Kier molecular flexibility index (Phi) is 11.1. The molecule has 9 nitrogen and oxygen atoms in total. The van der Waals surface area contributed by atoms with E-state index in [1.165, 1.54) is 12.1 Å². The monoisotopic (exact) mass is 691 g/mol. The number of anilines is 2. The molecule has 5 N–H and O–H groups in total. The molecule has 0 aliphatic carbocycles. The smallest absolute Gasteiger partial charge is 0.414 e. The summed E-state index contributed by atoms with van der Waals surface area (Å²) in [5, 5.41) is 15.8. The molecule has 10 heteroatoms. The average Bonchev–Trinajstić information content (AvgIpc) is 3.01. The van der Waals surface area contributed by atoms with E-state index in [1.807, 2.05) is 6.07 Å². The molecule has 2 atom stereocenters. The Morgan fingerprint density at radius 1 is 0.907 bits per heavy atom. The van der Waals surface area contributed by atoms with E-state index in [9.17, 15) is 19.5 Å². The molecule has 4 aromatic rings. The summed E-state index contributed by atoms with van der Waals surface area (Å²) in [6, 6.07) is 29.0. The van der Waals surface area contributed by atoms with Crippen LogP contribution in [0.4, 0.5) is 16.2 Å². The van der Waals surface area contributed by atoms with Gasteiger partial charge in [-0.25, -0.2) is 4.79 Å². The summed E-state index contributed by atoms with van der Waals surface area (Å²) in [6.45, 7) is 0. The number of imide groups is 1. The number of nitrogens with one attached hydrogen (secondary N) is 2. The largest absolute Gasteiger partial charge is 0.508 e. The molecule has 0 aromatic heterocycles. The zero-order valence-electron chi connectivity index (χ0n) is 23.0. The number of rotatable bonds is 11. The van der Waals surface area contributed by atoms with Crippen molar-refractivity contribution in [3.05, 3.63) is 130 Å². The Morgan fingerprint density at radius 2 is 1.58 bits per heavy atom. The van der Waals surface area contributed by atoms with Crippen LogP contribution in [0.3, 0.4) is 0 Å². The van der Waals surface area contributed by atoms with Crippen LogP contribution in [0, 0.1) is 3.57 Å². The molecule has 0 radical (unpaired) electrons. The first-order valence-corrected chi connectivity index (χ1v) is 14.5. The Bertz CT molecular complexity index is 1580. The van der Waals surface area contributed by atoms with E-state index in [0.29, 0.717) is 29.1 Å². The molecule has 0 fully saturated rings. The fourth-order valence-electron chi connectivity index (χ4n) is 4.17. The summed E-state index contributed by atoms with van der Waals surface area (Å²) in [7, 11) is 0. The first kappa shape index (κ1) is 31.1. The van der Waals surface area contributed by atoms with E-state index in [0.717, 1.165) is 3.57 Å². The number of hydrogen-bond donors (Lipinski definition) is 4. The Hall–Kier alpha value is -4.84. The number of allylic oxidation sites excluding steroid dienone is 1. The molecule has 0 aliphatic heterocycles. The minimum Gasteiger partial charge on any atom is -0.508 e. The van der Waals surface area contributed by atoms with Gasteiger partial charge in [-0.1, -0.05) is 54.6 Å². The van der Waals surface area contributed by atoms with Gasteiger partial charge in [-0.05, 0) is 96.1 Å². The maximum Gasteiger partial charge on any atom is 0.414 e. The lowest BCUT2D eigenvalue weighted by atomic mass is 9.99. The van der Waals surface area contributed by atoms with Crippen molar-refractivity contribution >= 4 is 51.9 Å². The topological polar surface area (TPSA) is 140 Å². The number of benzene rings is 4. The molecule has 0 unspecified atom stereocenters. The van der Waals surface area contributed by atoms with Crippen LogP contribution >= 0.6 is 22.6 Å². The van der Waals surface area contributed by atoms with Crippen molar-refractivity contribution in [3.63, 3.8) is 0 Å². The van der Waals surface area contributed by atoms with Crippen LogP contribution in [0.25, 0.3) is 0 Å². The number of halogens is 1. The van der Waals surface area contributed by atoms with Gasteiger partial charge in [0.05, 0.1) is 11.4 Å². The number of nitrogens with two attached hydrogens (primary N) is 1. The molecule has 0 aliphatic rings. The predicted molar refractivity (Wildman–Crippen MR) is 173 cm³/mol. The van der Waals surface area contributed by atoms with Crippen molar-refractivity contribution in [2.24, 2.45) is 0 Å². The molecular weight excluding hydrogens is 661 g/mol. The maximum atomic E-state index is 13.0. The first-order chi connectivity index (χ1) is 20.8. The van der Waals surface area contributed by atoms with E-state index in [4.69, 9.17) is 15.2 Å². The predicted octanol–water partition coefficient (Wildman–Crippen LogP) is 6.61. The summed E-state index contributed by atoms with van der Waals surface area (Å²) in [5.74, 6) is -0.595. The summed E-state index contributed by atoms with van der Waals surface area (Å²) < 4.78 is 12.9. The fourth-order valence-corrected chi connectivity index (χ4v) is 4.69. The molecule has 0 saturated heterocycles. The van der Waals surface area contributed by atoms with Crippen LogP contribution in [0.1, 0.15) is 34.9 Å². The van der Waals surface area contributed by atoms with Crippen LogP contribution < -0.4 is 21.1 Å². The lowest BCUT2D eigenvalue weighted by Gasteiger charge is -2.28. The number of phenolic OH excluding ortho intramolecular Hbond substituents is 1. The Balaban J connectivity index is 1.56. The maximum absolute atomic E-state index is 13.0. The van der Waals surface area contributed by atoms with E-state index in [2.05, 4.69) is 33.2 Å². The summed E-state index contributed by atoms with van der Waals surface area (Å²) >= 11 is 2.09. The van der Waals surface area contributed by atoms with Crippen molar-refractivity contribution in [3.8, 4) is 11.5 Å². The average molecular weight is 692 g/mol. The highest BCUT2D eigenvalue weighted by molar-refractivity contribution is 14.1. The van der Waals surface area contributed by atoms with Gasteiger partial charge in [-0.3, -0.25) is 14.9 Å². The van der Waals surface area contributed by atoms with Crippen LogP contribution in [0.15, 0.2) is 115 Å².